The predicted molar refractivity (Wildman–Crippen MR) is 85.0 cm³/mol. The van der Waals surface area contributed by atoms with Gasteiger partial charge in [-0.2, -0.15) is 5.10 Å². The van der Waals surface area contributed by atoms with Gasteiger partial charge in [0.15, 0.2) is 0 Å². The molecule has 110 valence electrons. The second kappa shape index (κ2) is 5.81. The average Bonchev–Trinajstić information content (AvgIpc) is 3.00. The average molecular weight is 293 g/mol. The number of hydrogen-bond donors (Lipinski definition) is 1. The van der Waals surface area contributed by atoms with Crippen LogP contribution in [0.4, 0.5) is 0 Å². The Balaban J connectivity index is 1.85. The van der Waals surface area contributed by atoms with E-state index >= 15 is 0 Å². The second-order valence-corrected chi connectivity index (χ2v) is 5.03. The molecule has 0 saturated carbocycles. The van der Waals surface area contributed by atoms with Crippen molar-refractivity contribution in [1.82, 2.24) is 10.4 Å². The zero-order valence-electron chi connectivity index (χ0n) is 12.3. The molecule has 0 aliphatic rings. The molecule has 0 fully saturated rings. The van der Waals surface area contributed by atoms with Gasteiger partial charge in [0.1, 0.15) is 5.76 Å². The molecule has 0 radical (unpaired) electrons. The number of nitrogens with zero attached hydrogens (tertiary/aromatic N) is 2. The van der Waals surface area contributed by atoms with Gasteiger partial charge >= 0.3 is 0 Å². The molecule has 1 aromatic carbocycles. The van der Waals surface area contributed by atoms with E-state index in [1.807, 2.05) is 38.1 Å². The molecule has 1 amide bonds. The minimum absolute atomic E-state index is 0.295. The number of fused-ring (bicyclic) bond motifs is 1. The summed E-state index contributed by atoms with van der Waals surface area (Å²) in [6, 6.07) is 11.3. The molecule has 0 atom stereocenters. The lowest BCUT2D eigenvalue weighted by atomic mass is 10.1. The third kappa shape index (κ3) is 2.88. The van der Waals surface area contributed by atoms with Crippen LogP contribution in [0.1, 0.15) is 27.4 Å². The van der Waals surface area contributed by atoms with Crippen LogP contribution >= 0.6 is 0 Å². The molecule has 0 aliphatic heterocycles. The zero-order valence-corrected chi connectivity index (χ0v) is 12.3. The summed E-state index contributed by atoms with van der Waals surface area (Å²) in [7, 11) is 0. The third-order valence-electron chi connectivity index (χ3n) is 3.31. The first-order chi connectivity index (χ1) is 10.6. The maximum Gasteiger partial charge on any atom is 0.273 e. The fraction of sp³-hybridized carbons (Fsp3) is 0.118. The Morgan fingerprint density at radius 2 is 2.14 bits per heavy atom. The highest BCUT2D eigenvalue weighted by Crippen LogP contribution is 2.18. The minimum atomic E-state index is -0.295. The van der Waals surface area contributed by atoms with Gasteiger partial charge in [0.25, 0.3) is 5.91 Å². The number of benzene rings is 1. The summed E-state index contributed by atoms with van der Waals surface area (Å²) in [4.78, 5) is 16.7. The highest BCUT2D eigenvalue weighted by atomic mass is 16.3. The number of hydrazone groups is 1. The van der Waals surface area contributed by atoms with E-state index in [4.69, 9.17) is 4.42 Å². The van der Waals surface area contributed by atoms with Gasteiger partial charge in [-0.15, -0.1) is 0 Å². The second-order valence-electron chi connectivity index (χ2n) is 5.03. The van der Waals surface area contributed by atoms with Crippen LogP contribution in [0.15, 0.2) is 52.2 Å². The van der Waals surface area contributed by atoms with E-state index in [0.29, 0.717) is 17.0 Å². The molecule has 5 nitrogen and oxygen atoms in total. The summed E-state index contributed by atoms with van der Waals surface area (Å²) in [5, 5.41) is 4.82. The molecule has 22 heavy (non-hydrogen) atoms. The molecule has 0 aliphatic carbocycles. The minimum Gasteiger partial charge on any atom is -0.463 e. The lowest BCUT2D eigenvalue weighted by Gasteiger charge is -2.06. The Hall–Kier alpha value is -2.95. The van der Waals surface area contributed by atoms with E-state index in [1.165, 1.54) is 6.21 Å². The van der Waals surface area contributed by atoms with Crippen molar-refractivity contribution in [3.05, 3.63) is 65.2 Å². The SMILES string of the molecule is Cc1ccc2nc(C)c(C(=O)N/N=C\c3ccco3)cc2c1. The van der Waals surface area contributed by atoms with Gasteiger partial charge in [-0.05, 0) is 44.2 Å². The van der Waals surface area contributed by atoms with Crippen molar-refractivity contribution in [1.29, 1.82) is 0 Å². The van der Waals surface area contributed by atoms with Crippen molar-refractivity contribution in [2.24, 2.45) is 5.10 Å². The summed E-state index contributed by atoms with van der Waals surface area (Å²) < 4.78 is 5.10. The normalized spacial score (nSPS) is 11.2. The van der Waals surface area contributed by atoms with Gasteiger partial charge in [-0.1, -0.05) is 11.6 Å². The predicted octanol–water partition coefficient (Wildman–Crippen LogP) is 3.21. The molecular formula is C17H15N3O2. The van der Waals surface area contributed by atoms with Gasteiger partial charge in [-0.3, -0.25) is 9.78 Å². The fourth-order valence-electron chi connectivity index (χ4n) is 2.20. The largest absolute Gasteiger partial charge is 0.463 e. The highest BCUT2D eigenvalue weighted by Gasteiger charge is 2.11. The number of carbonyl (C=O) groups excluding carboxylic acids is 1. The number of aryl methyl sites for hydroxylation is 2. The van der Waals surface area contributed by atoms with Crippen molar-refractivity contribution in [3.8, 4) is 0 Å². The van der Waals surface area contributed by atoms with E-state index in [0.717, 1.165) is 16.5 Å². The number of pyridine rings is 1. The molecule has 0 saturated heterocycles. The van der Waals surface area contributed by atoms with Crippen LogP contribution in [0.25, 0.3) is 10.9 Å². The van der Waals surface area contributed by atoms with E-state index in [9.17, 15) is 4.79 Å². The van der Waals surface area contributed by atoms with Crippen LogP contribution in [0.3, 0.4) is 0 Å². The van der Waals surface area contributed by atoms with E-state index < -0.39 is 0 Å². The zero-order chi connectivity index (χ0) is 15.5. The number of furan rings is 1. The molecule has 0 spiro atoms. The van der Waals surface area contributed by atoms with Gasteiger partial charge < -0.3 is 4.42 Å². The Kier molecular flexibility index (Phi) is 3.70. The summed E-state index contributed by atoms with van der Waals surface area (Å²) in [5.74, 6) is 0.278. The standard InChI is InChI=1S/C17H15N3O2/c1-11-5-6-16-13(8-11)9-15(12(2)19-16)17(21)20-18-10-14-4-3-7-22-14/h3-10H,1-2H3,(H,20,21)/b18-10-. The van der Waals surface area contributed by atoms with Crippen LogP contribution in [-0.2, 0) is 0 Å². The summed E-state index contributed by atoms with van der Waals surface area (Å²) >= 11 is 0. The van der Waals surface area contributed by atoms with Crippen LogP contribution in [0.5, 0.6) is 0 Å². The maximum absolute atomic E-state index is 12.2. The number of carbonyl (C=O) groups is 1. The third-order valence-corrected chi connectivity index (χ3v) is 3.31. The summed E-state index contributed by atoms with van der Waals surface area (Å²) in [6.07, 6.45) is 2.99. The Labute approximate surface area is 127 Å². The smallest absolute Gasteiger partial charge is 0.273 e. The number of hydrogen-bond acceptors (Lipinski definition) is 4. The molecule has 1 N–H and O–H groups in total. The van der Waals surface area contributed by atoms with Crippen molar-refractivity contribution in [3.63, 3.8) is 0 Å². The Morgan fingerprint density at radius 3 is 2.91 bits per heavy atom. The van der Waals surface area contributed by atoms with E-state index in [2.05, 4.69) is 15.5 Å². The lowest BCUT2D eigenvalue weighted by molar-refractivity contribution is 0.0954. The first kappa shape index (κ1) is 14.0. The van der Waals surface area contributed by atoms with Gasteiger partial charge in [0.05, 0.1) is 29.3 Å². The number of rotatable bonds is 3. The molecule has 2 aromatic heterocycles. The molecule has 3 rings (SSSR count). The molecule has 0 unspecified atom stereocenters. The molecule has 2 heterocycles. The van der Waals surface area contributed by atoms with Crippen molar-refractivity contribution < 1.29 is 9.21 Å². The molecule has 3 aromatic rings. The van der Waals surface area contributed by atoms with E-state index in [1.54, 1.807) is 18.4 Å². The van der Waals surface area contributed by atoms with Crippen LogP contribution in [0, 0.1) is 13.8 Å². The van der Waals surface area contributed by atoms with Gasteiger partial charge in [0.2, 0.25) is 0 Å². The highest BCUT2D eigenvalue weighted by molar-refractivity contribution is 5.99. The maximum atomic E-state index is 12.2. The number of aromatic nitrogens is 1. The van der Waals surface area contributed by atoms with Crippen molar-refractivity contribution in [2.45, 2.75) is 13.8 Å². The Morgan fingerprint density at radius 1 is 1.27 bits per heavy atom. The number of amides is 1. The van der Waals surface area contributed by atoms with Crippen LogP contribution < -0.4 is 5.43 Å². The number of nitrogens with one attached hydrogen (secondary N) is 1. The first-order valence-corrected chi connectivity index (χ1v) is 6.88. The summed E-state index contributed by atoms with van der Waals surface area (Å²) in [5.41, 5.74) is 5.66. The fourth-order valence-corrected chi connectivity index (χ4v) is 2.20. The van der Waals surface area contributed by atoms with Crippen molar-refractivity contribution >= 4 is 23.0 Å². The topological polar surface area (TPSA) is 67.5 Å². The van der Waals surface area contributed by atoms with Crippen molar-refractivity contribution in [2.75, 3.05) is 0 Å². The Bertz CT molecular complexity index is 852. The van der Waals surface area contributed by atoms with Gasteiger partial charge in [0, 0.05) is 5.39 Å². The molecule has 0 bridgehead atoms. The van der Waals surface area contributed by atoms with Crippen LogP contribution in [-0.4, -0.2) is 17.1 Å². The first-order valence-electron chi connectivity index (χ1n) is 6.88. The lowest BCUT2D eigenvalue weighted by Crippen LogP contribution is -2.19. The van der Waals surface area contributed by atoms with Gasteiger partial charge in [-0.25, -0.2) is 5.43 Å². The monoisotopic (exact) mass is 293 g/mol. The quantitative estimate of drug-likeness (QED) is 0.595. The molecule has 5 heteroatoms. The van der Waals surface area contributed by atoms with Crippen LogP contribution in [0.2, 0.25) is 0 Å². The van der Waals surface area contributed by atoms with E-state index in [-0.39, 0.29) is 5.91 Å². The molecular weight excluding hydrogens is 278 g/mol. The summed E-state index contributed by atoms with van der Waals surface area (Å²) in [6.45, 7) is 3.82.